The summed E-state index contributed by atoms with van der Waals surface area (Å²) >= 11 is 1.53. The molecule has 0 saturated carbocycles. The maximum atomic E-state index is 12.8. The molecule has 10 heteroatoms. The molecule has 1 aromatic carbocycles. The fourth-order valence-electron chi connectivity index (χ4n) is 3.09. The lowest BCUT2D eigenvalue weighted by molar-refractivity contribution is -0.307. The smallest absolute Gasteiger partial charge is 0.324 e. The standard InChI is InChI=1S/C18H23N5O4S/c1-11(16(25)26)19-15(24)13(7-10-28-2)21-18(27)23-9-8-22-14-6-4-3-5-12(14)20-17(22)23/h3-6,11,13H,7-10H2,1-2H3,(H,19,24)(H,21,27)(H,25,26)/p-1/t11-,13-/m0/s1. The van der Waals surface area contributed by atoms with Gasteiger partial charge in [-0.15, -0.1) is 0 Å². The first kappa shape index (κ1) is 20.0. The zero-order valence-electron chi connectivity index (χ0n) is 15.7. The number of carbonyl (C=O) groups is 3. The third kappa shape index (κ3) is 4.06. The van der Waals surface area contributed by atoms with Crippen molar-refractivity contribution in [3.8, 4) is 0 Å². The van der Waals surface area contributed by atoms with Crippen molar-refractivity contribution in [1.82, 2.24) is 20.2 Å². The van der Waals surface area contributed by atoms with E-state index in [9.17, 15) is 19.5 Å². The molecule has 1 aromatic heterocycles. The summed E-state index contributed by atoms with van der Waals surface area (Å²) in [6.07, 6.45) is 2.27. The molecule has 0 radical (unpaired) electrons. The first-order valence-corrected chi connectivity index (χ1v) is 10.3. The number of nitrogens with zero attached hydrogens (tertiary/aromatic N) is 3. The van der Waals surface area contributed by atoms with Gasteiger partial charge in [0.2, 0.25) is 11.9 Å². The second kappa shape index (κ2) is 8.51. The molecule has 2 heterocycles. The lowest BCUT2D eigenvalue weighted by Gasteiger charge is -2.24. The average molecular weight is 404 g/mol. The summed E-state index contributed by atoms with van der Waals surface area (Å²) in [5.41, 5.74) is 1.75. The number of hydrogen-bond acceptors (Lipinski definition) is 6. The van der Waals surface area contributed by atoms with Crippen LogP contribution in [0.25, 0.3) is 11.0 Å². The van der Waals surface area contributed by atoms with Gasteiger partial charge in [-0.2, -0.15) is 11.8 Å². The van der Waals surface area contributed by atoms with Gasteiger partial charge in [-0.25, -0.2) is 9.78 Å². The molecule has 150 valence electrons. The highest BCUT2D eigenvalue weighted by atomic mass is 32.2. The lowest BCUT2D eigenvalue weighted by Crippen LogP contribution is -2.55. The van der Waals surface area contributed by atoms with Crippen molar-refractivity contribution in [3.05, 3.63) is 24.3 Å². The van der Waals surface area contributed by atoms with Crippen LogP contribution in [-0.2, 0) is 16.1 Å². The van der Waals surface area contributed by atoms with Crippen LogP contribution >= 0.6 is 11.8 Å². The normalized spacial score (nSPS) is 15.1. The summed E-state index contributed by atoms with van der Waals surface area (Å²) in [7, 11) is 0. The molecule has 0 saturated heterocycles. The van der Waals surface area contributed by atoms with Gasteiger partial charge in [0.1, 0.15) is 6.04 Å². The Hall–Kier alpha value is -2.75. The van der Waals surface area contributed by atoms with Gasteiger partial charge in [-0.3, -0.25) is 9.69 Å². The maximum Gasteiger partial charge on any atom is 0.324 e. The number of hydrogen-bond donors (Lipinski definition) is 2. The second-order valence-corrected chi connectivity index (χ2v) is 7.52. The van der Waals surface area contributed by atoms with E-state index >= 15 is 0 Å². The lowest BCUT2D eigenvalue weighted by atomic mass is 10.2. The molecule has 3 rings (SSSR count). The van der Waals surface area contributed by atoms with E-state index in [4.69, 9.17) is 0 Å². The summed E-state index contributed by atoms with van der Waals surface area (Å²) in [4.78, 5) is 42.2. The van der Waals surface area contributed by atoms with Crippen molar-refractivity contribution in [1.29, 1.82) is 0 Å². The molecule has 2 N–H and O–H groups in total. The van der Waals surface area contributed by atoms with Crippen LogP contribution in [0.5, 0.6) is 0 Å². The molecule has 0 spiro atoms. The summed E-state index contributed by atoms with van der Waals surface area (Å²) in [6, 6.07) is 5.21. The Labute approximate surface area is 166 Å². The average Bonchev–Trinajstić information content (AvgIpc) is 3.23. The predicted octanol–water partition coefficient (Wildman–Crippen LogP) is -0.0578. The minimum atomic E-state index is -1.38. The molecule has 2 aromatic rings. The summed E-state index contributed by atoms with van der Waals surface area (Å²) in [5.74, 6) is -0.759. The minimum absolute atomic E-state index is 0.378. The van der Waals surface area contributed by atoms with E-state index in [0.717, 1.165) is 11.0 Å². The molecular weight excluding hydrogens is 382 g/mol. The monoisotopic (exact) mass is 404 g/mol. The number of rotatable bonds is 7. The second-order valence-electron chi connectivity index (χ2n) is 6.54. The summed E-state index contributed by atoms with van der Waals surface area (Å²) in [5, 5.41) is 16.0. The number of imidazole rings is 1. The fraction of sp³-hybridized carbons (Fsp3) is 0.444. The minimum Gasteiger partial charge on any atom is -0.548 e. The number of carbonyl (C=O) groups excluding carboxylic acids is 3. The SMILES string of the molecule is CSCC[C@H](NC(=O)N1CCn2c1nc1ccccc12)C(=O)N[C@@H](C)C(=O)[O-]. The largest absolute Gasteiger partial charge is 0.548 e. The van der Waals surface area contributed by atoms with Crippen molar-refractivity contribution < 1.29 is 19.5 Å². The van der Waals surface area contributed by atoms with Gasteiger partial charge in [0, 0.05) is 13.1 Å². The molecule has 1 aliphatic heterocycles. The molecule has 1 aliphatic rings. The van der Waals surface area contributed by atoms with Crippen molar-refractivity contribution in [3.63, 3.8) is 0 Å². The van der Waals surface area contributed by atoms with Crippen LogP contribution in [0.15, 0.2) is 24.3 Å². The zero-order valence-corrected chi connectivity index (χ0v) is 16.5. The fourth-order valence-corrected chi connectivity index (χ4v) is 3.56. The van der Waals surface area contributed by atoms with Crippen LogP contribution in [0, 0.1) is 0 Å². The van der Waals surface area contributed by atoms with Crippen LogP contribution in [-0.4, -0.2) is 58.1 Å². The number of aromatic nitrogens is 2. The molecule has 3 amide bonds. The van der Waals surface area contributed by atoms with Crippen molar-refractivity contribution in [2.24, 2.45) is 0 Å². The highest BCUT2D eigenvalue weighted by Crippen LogP contribution is 2.27. The molecule has 0 unspecified atom stereocenters. The Kier molecular flexibility index (Phi) is 6.08. The third-order valence-electron chi connectivity index (χ3n) is 4.61. The number of carboxylic acids is 1. The third-order valence-corrected chi connectivity index (χ3v) is 5.25. The predicted molar refractivity (Wildman–Crippen MR) is 105 cm³/mol. The number of carboxylic acid groups (broad SMARTS) is 1. The van der Waals surface area contributed by atoms with Crippen LogP contribution in [0.4, 0.5) is 10.7 Å². The molecular formula is C18H22N5O4S-. The Bertz CT molecular complexity index is 899. The Balaban J connectivity index is 1.74. The number of aliphatic carboxylic acids is 1. The Morgan fingerprint density at radius 3 is 2.71 bits per heavy atom. The zero-order chi connectivity index (χ0) is 20.3. The van der Waals surface area contributed by atoms with E-state index in [-0.39, 0.29) is 0 Å². The van der Waals surface area contributed by atoms with Gasteiger partial charge in [0.15, 0.2) is 0 Å². The molecule has 28 heavy (non-hydrogen) atoms. The first-order chi connectivity index (χ1) is 13.4. The van der Waals surface area contributed by atoms with E-state index in [1.165, 1.54) is 23.6 Å². The number of benzene rings is 1. The Morgan fingerprint density at radius 2 is 2.00 bits per heavy atom. The molecule has 0 fully saturated rings. The van der Waals surface area contributed by atoms with E-state index in [1.807, 2.05) is 35.1 Å². The van der Waals surface area contributed by atoms with Crippen LogP contribution < -0.4 is 20.6 Å². The van der Waals surface area contributed by atoms with E-state index < -0.39 is 30.0 Å². The van der Waals surface area contributed by atoms with Crippen LogP contribution in [0.2, 0.25) is 0 Å². The molecule has 0 aliphatic carbocycles. The summed E-state index contributed by atoms with van der Waals surface area (Å²) in [6.45, 7) is 2.39. The van der Waals surface area contributed by atoms with E-state index in [1.54, 1.807) is 0 Å². The van der Waals surface area contributed by atoms with Crippen molar-refractivity contribution in [2.45, 2.75) is 32.0 Å². The highest BCUT2D eigenvalue weighted by molar-refractivity contribution is 7.98. The molecule has 2 atom stereocenters. The quantitative estimate of drug-likeness (QED) is 0.667. The van der Waals surface area contributed by atoms with E-state index in [0.29, 0.717) is 31.2 Å². The number of urea groups is 1. The number of fused-ring (bicyclic) bond motifs is 3. The van der Waals surface area contributed by atoms with E-state index in [2.05, 4.69) is 15.6 Å². The number of nitrogens with one attached hydrogen (secondary N) is 2. The number of para-hydroxylation sites is 2. The highest BCUT2D eigenvalue weighted by Gasteiger charge is 2.31. The number of anilines is 1. The molecule has 0 bridgehead atoms. The van der Waals surface area contributed by atoms with Crippen molar-refractivity contribution >= 4 is 46.7 Å². The van der Waals surface area contributed by atoms with Crippen molar-refractivity contribution in [2.75, 3.05) is 23.5 Å². The Morgan fingerprint density at radius 1 is 1.25 bits per heavy atom. The number of amides is 3. The number of thioether (sulfide) groups is 1. The molecule has 9 nitrogen and oxygen atoms in total. The maximum absolute atomic E-state index is 12.8. The topological polar surface area (TPSA) is 119 Å². The van der Waals surface area contributed by atoms with Crippen LogP contribution in [0.1, 0.15) is 13.3 Å². The summed E-state index contributed by atoms with van der Waals surface area (Å²) < 4.78 is 1.96. The van der Waals surface area contributed by atoms with Gasteiger partial charge in [-0.05, 0) is 37.5 Å². The first-order valence-electron chi connectivity index (χ1n) is 8.96. The van der Waals surface area contributed by atoms with Gasteiger partial charge in [0.25, 0.3) is 0 Å². The van der Waals surface area contributed by atoms with Gasteiger partial charge >= 0.3 is 6.03 Å². The van der Waals surface area contributed by atoms with Gasteiger partial charge in [-0.1, -0.05) is 12.1 Å². The van der Waals surface area contributed by atoms with Crippen LogP contribution in [0.3, 0.4) is 0 Å². The van der Waals surface area contributed by atoms with Gasteiger partial charge in [0.05, 0.1) is 23.0 Å². The van der Waals surface area contributed by atoms with Gasteiger partial charge < -0.3 is 25.1 Å².